The van der Waals surface area contributed by atoms with Crippen LogP contribution in [0.3, 0.4) is 0 Å². The maximum Gasteiger partial charge on any atom is 0.134 e. The Morgan fingerprint density at radius 1 is 1.53 bits per heavy atom. The van der Waals surface area contributed by atoms with Crippen molar-refractivity contribution in [1.82, 2.24) is 15.1 Å². The molecule has 4 nitrogen and oxygen atoms in total. The summed E-state index contributed by atoms with van der Waals surface area (Å²) in [5, 5.41) is 9.77. The van der Waals surface area contributed by atoms with Crippen LogP contribution in [0.25, 0.3) is 0 Å². The van der Waals surface area contributed by atoms with E-state index in [1.165, 1.54) is 4.88 Å². The molecule has 1 N–H and O–H groups in total. The van der Waals surface area contributed by atoms with Gasteiger partial charge in [0, 0.05) is 19.7 Å². The predicted molar refractivity (Wildman–Crippen MR) is 69.6 cm³/mol. The van der Waals surface area contributed by atoms with E-state index in [4.69, 9.17) is 4.74 Å². The van der Waals surface area contributed by atoms with Crippen LogP contribution in [0.15, 0.2) is 23.7 Å². The zero-order chi connectivity index (χ0) is 12.3. The maximum absolute atomic E-state index is 5.36. The van der Waals surface area contributed by atoms with Crippen molar-refractivity contribution >= 4 is 11.3 Å². The van der Waals surface area contributed by atoms with E-state index in [0.717, 1.165) is 17.9 Å². The SMILES string of the molecule is CNC(Cc1ccn(C)n1)c1sccc1OC. The second-order valence-electron chi connectivity index (χ2n) is 3.88. The number of aryl methyl sites for hydroxylation is 1. The van der Waals surface area contributed by atoms with Gasteiger partial charge in [-0.1, -0.05) is 0 Å². The van der Waals surface area contributed by atoms with Crippen LogP contribution in [0.2, 0.25) is 0 Å². The molecule has 0 bridgehead atoms. The summed E-state index contributed by atoms with van der Waals surface area (Å²) in [5.74, 6) is 0.949. The number of hydrogen-bond acceptors (Lipinski definition) is 4. The quantitative estimate of drug-likeness (QED) is 0.883. The van der Waals surface area contributed by atoms with Crippen LogP contribution in [-0.4, -0.2) is 23.9 Å². The number of methoxy groups -OCH3 is 1. The first-order chi connectivity index (χ1) is 8.24. The van der Waals surface area contributed by atoms with Crippen molar-refractivity contribution < 1.29 is 4.74 Å². The van der Waals surface area contributed by atoms with Crippen molar-refractivity contribution in [3.05, 3.63) is 34.3 Å². The van der Waals surface area contributed by atoms with Crippen LogP contribution >= 0.6 is 11.3 Å². The predicted octanol–water partition coefficient (Wildman–Crippen LogP) is 1.99. The smallest absolute Gasteiger partial charge is 0.134 e. The first-order valence-electron chi connectivity index (χ1n) is 5.51. The minimum Gasteiger partial charge on any atom is -0.496 e. The number of aromatic nitrogens is 2. The van der Waals surface area contributed by atoms with Gasteiger partial charge in [-0.25, -0.2) is 0 Å². The lowest BCUT2D eigenvalue weighted by Crippen LogP contribution is -2.18. The number of nitrogens with one attached hydrogen (secondary N) is 1. The van der Waals surface area contributed by atoms with Gasteiger partial charge in [0.05, 0.1) is 23.7 Å². The summed E-state index contributed by atoms with van der Waals surface area (Å²) >= 11 is 1.71. The largest absolute Gasteiger partial charge is 0.496 e. The third-order valence-electron chi connectivity index (χ3n) is 2.72. The zero-order valence-electron chi connectivity index (χ0n) is 10.3. The van der Waals surface area contributed by atoms with Crippen molar-refractivity contribution in [3.63, 3.8) is 0 Å². The third kappa shape index (κ3) is 2.68. The molecule has 5 heteroatoms. The molecule has 0 spiro atoms. The molecule has 0 saturated carbocycles. The minimum atomic E-state index is 0.250. The highest BCUT2D eigenvalue weighted by molar-refractivity contribution is 7.10. The Bertz CT molecular complexity index is 478. The van der Waals surface area contributed by atoms with Gasteiger partial charge >= 0.3 is 0 Å². The molecule has 1 unspecified atom stereocenters. The molecule has 0 aliphatic heterocycles. The van der Waals surface area contributed by atoms with Crippen molar-refractivity contribution in [2.24, 2.45) is 7.05 Å². The van der Waals surface area contributed by atoms with Gasteiger partial charge in [-0.2, -0.15) is 5.10 Å². The topological polar surface area (TPSA) is 39.1 Å². The molecular formula is C12H17N3OS. The highest BCUT2D eigenvalue weighted by Gasteiger charge is 2.17. The number of hydrogen-bond donors (Lipinski definition) is 1. The summed E-state index contributed by atoms with van der Waals surface area (Å²) in [7, 11) is 5.61. The lowest BCUT2D eigenvalue weighted by molar-refractivity contribution is 0.405. The molecule has 0 radical (unpaired) electrons. The van der Waals surface area contributed by atoms with Crippen molar-refractivity contribution in [3.8, 4) is 5.75 Å². The van der Waals surface area contributed by atoms with Gasteiger partial charge in [-0.3, -0.25) is 4.68 Å². The number of rotatable bonds is 5. The Balaban J connectivity index is 2.16. The Kier molecular flexibility index (Phi) is 3.81. The first kappa shape index (κ1) is 12.1. The summed E-state index contributed by atoms with van der Waals surface area (Å²) in [6.07, 6.45) is 2.84. The van der Waals surface area contributed by atoms with E-state index in [2.05, 4.69) is 15.8 Å². The van der Waals surface area contributed by atoms with Crippen molar-refractivity contribution in [2.45, 2.75) is 12.5 Å². The van der Waals surface area contributed by atoms with E-state index in [1.54, 1.807) is 18.4 Å². The van der Waals surface area contributed by atoms with Gasteiger partial charge in [-0.15, -0.1) is 11.3 Å². The first-order valence-corrected chi connectivity index (χ1v) is 6.39. The average Bonchev–Trinajstić information content (AvgIpc) is 2.94. The van der Waals surface area contributed by atoms with E-state index < -0.39 is 0 Å². The molecule has 2 heterocycles. The van der Waals surface area contributed by atoms with Crippen LogP contribution in [0.5, 0.6) is 5.75 Å². The highest BCUT2D eigenvalue weighted by Crippen LogP contribution is 2.32. The Hall–Kier alpha value is -1.33. The van der Waals surface area contributed by atoms with Crippen LogP contribution in [0.4, 0.5) is 0 Å². The molecular weight excluding hydrogens is 234 g/mol. The molecule has 0 aromatic carbocycles. The second-order valence-corrected chi connectivity index (χ2v) is 4.83. The third-order valence-corrected chi connectivity index (χ3v) is 3.74. The molecule has 2 rings (SSSR count). The summed E-state index contributed by atoms with van der Waals surface area (Å²) in [5.41, 5.74) is 1.09. The van der Waals surface area contributed by atoms with E-state index in [-0.39, 0.29) is 6.04 Å². The van der Waals surface area contributed by atoms with Crippen molar-refractivity contribution in [1.29, 1.82) is 0 Å². The average molecular weight is 251 g/mol. The Morgan fingerprint density at radius 2 is 2.35 bits per heavy atom. The van der Waals surface area contributed by atoms with Gasteiger partial charge in [0.2, 0.25) is 0 Å². The second kappa shape index (κ2) is 5.33. The van der Waals surface area contributed by atoms with Crippen LogP contribution in [0.1, 0.15) is 16.6 Å². The molecule has 0 amide bonds. The van der Waals surface area contributed by atoms with E-state index in [9.17, 15) is 0 Å². The summed E-state index contributed by atoms with van der Waals surface area (Å²) in [6, 6.07) is 4.30. The van der Waals surface area contributed by atoms with E-state index in [0.29, 0.717) is 0 Å². The Morgan fingerprint density at radius 3 is 2.94 bits per heavy atom. The van der Waals surface area contributed by atoms with Crippen LogP contribution in [-0.2, 0) is 13.5 Å². The monoisotopic (exact) mass is 251 g/mol. The Labute approximate surface area is 105 Å². The standard InChI is InChI=1S/C12H17N3OS/c1-13-10(8-9-4-6-15(2)14-9)12-11(16-3)5-7-17-12/h4-7,10,13H,8H2,1-3H3. The van der Waals surface area contributed by atoms with E-state index in [1.807, 2.05) is 37.1 Å². The highest BCUT2D eigenvalue weighted by atomic mass is 32.1. The zero-order valence-corrected chi connectivity index (χ0v) is 11.1. The van der Waals surface area contributed by atoms with Gasteiger partial charge in [0.1, 0.15) is 5.75 Å². The number of thiophene rings is 1. The van der Waals surface area contributed by atoms with Gasteiger partial charge in [-0.05, 0) is 24.6 Å². The number of ether oxygens (including phenoxy) is 1. The van der Waals surface area contributed by atoms with Crippen LogP contribution < -0.4 is 10.1 Å². The molecule has 2 aromatic rings. The molecule has 1 atom stereocenters. The number of nitrogens with zero attached hydrogens (tertiary/aromatic N) is 2. The molecule has 92 valence electrons. The van der Waals surface area contributed by atoms with Gasteiger partial charge in [0.25, 0.3) is 0 Å². The molecule has 0 fully saturated rings. The fraction of sp³-hybridized carbons (Fsp3) is 0.417. The normalized spacial score (nSPS) is 12.6. The molecule has 17 heavy (non-hydrogen) atoms. The van der Waals surface area contributed by atoms with Crippen LogP contribution in [0, 0.1) is 0 Å². The summed E-state index contributed by atoms with van der Waals surface area (Å²) in [4.78, 5) is 1.22. The fourth-order valence-corrected chi connectivity index (χ4v) is 2.81. The molecule has 2 aromatic heterocycles. The lowest BCUT2D eigenvalue weighted by atomic mass is 10.1. The fourth-order valence-electron chi connectivity index (χ4n) is 1.84. The van der Waals surface area contributed by atoms with Gasteiger partial charge < -0.3 is 10.1 Å². The lowest BCUT2D eigenvalue weighted by Gasteiger charge is -2.14. The number of likely N-dealkylation sites (N-methyl/N-ethyl adjacent to an activating group) is 1. The van der Waals surface area contributed by atoms with E-state index >= 15 is 0 Å². The van der Waals surface area contributed by atoms with Gasteiger partial charge in [0.15, 0.2) is 0 Å². The van der Waals surface area contributed by atoms with Crippen molar-refractivity contribution in [2.75, 3.05) is 14.2 Å². The summed E-state index contributed by atoms with van der Waals surface area (Å²) < 4.78 is 7.18. The summed E-state index contributed by atoms with van der Waals surface area (Å²) in [6.45, 7) is 0. The molecule has 0 aliphatic rings. The molecule has 0 saturated heterocycles. The molecule has 0 aliphatic carbocycles. The maximum atomic E-state index is 5.36. The minimum absolute atomic E-state index is 0.250.